The molecule has 1 atom stereocenters. The average Bonchev–Trinajstić information content (AvgIpc) is 3.12. The molecule has 2 rings (SSSR count). The zero-order valence-electron chi connectivity index (χ0n) is 12.3. The van der Waals surface area contributed by atoms with Crippen LogP contribution in [0.25, 0.3) is 0 Å². The first kappa shape index (κ1) is 13.6. The first-order valence-electron chi connectivity index (χ1n) is 7.35. The normalized spacial score (nSPS) is 17.2. The third-order valence-electron chi connectivity index (χ3n) is 4.18. The Bertz CT molecular complexity index is 391. The van der Waals surface area contributed by atoms with Crippen LogP contribution in [-0.2, 0) is 6.42 Å². The number of hydrogen-bond donors (Lipinski definition) is 1. The minimum absolute atomic E-state index is 0.746. The monoisotopic (exact) mass is 245 g/mol. The Morgan fingerprint density at radius 3 is 2.56 bits per heavy atom. The zero-order chi connectivity index (χ0) is 13.1. The lowest BCUT2D eigenvalue weighted by atomic mass is 9.87. The van der Waals surface area contributed by atoms with Gasteiger partial charge in [0.15, 0.2) is 0 Å². The summed E-state index contributed by atoms with van der Waals surface area (Å²) in [6, 6.07) is 7.66. The van der Waals surface area contributed by atoms with Gasteiger partial charge >= 0.3 is 0 Å². The summed E-state index contributed by atoms with van der Waals surface area (Å²) >= 11 is 0. The Morgan fingerprint density at radius 2 is 1.94 bits per heavy atom. The van der Waals surface area contributed by atoms with Crippen molar-refractivity contribution in [1.29, 1.82) is 0 Å². The van der Waals surface area contributed by atoms with Crippen LogP contribution in [0.1, 0.15) is 43.4 Å². The molecule has 1 aliphatic rings. The van der Waals surface area contributed by atoms with Crippen LogP contribution in [0.4, 0.5) is 0 Å². The topological polar surface area (TPSA) is 12.0 Å². The third kappa shape index (κ3) is 3.84. The number of benzene rings is 1. The molecule has 100 valence electrons. The summed E-state index contributed by atoms with van der Waals surface area (Å²) in [5, 5.41) is 3.69. The van der Waals surface area contributed by atoms with Crippen LogP contribution < -0.4 is 5.32 Å². The number of nitrogens with one attached hydrogen (secondary N) is 1. The van der Waals surface area contributed by atoms with Crippen LogP contribution in [0, 0.1) is 25.7 Å². The Morgan fingerprint density at radius 1 is 1.22 bits per heavy atom. The van der Waals surface area contributed by atoms with Crippen molar-refractivity contribution in [3.8, 4) is 0 Å². The van der Waals surface area contributed by atoms with Gasteiger partial charge in [-0.1, -0.05) is 37.6 Å². The fraction of sp³-hybridized carbons (Fsp3) is 0.647. The van der Waals surface area contributed by atoms with Crippen LogP contribution >= 0.6 is 0 Å². The molecule has 1 N–H and O–H groups in total. The highest BCUT2D eigenvalue weighted by atomic mass is 14.9. The number of hydrogen-bond acceptors (Lipinski definition) is 1. The molecule has 1 heteroatoms. The molecule has 0 saturated heterocycles. The van der Waals surface area contributed by atoms with E-state index >= 15 is 0 Å². The maximum Gasteiger partial charge on any atom is 0.00683 e. The van der Waals surface area contributed by atoms with Crippen molar-refractivity contribution in [2.75, 3.05) is 6.54 Å². The van der Waals surface area contributed by atoms with Crippen molar-refractivity contribution >= 4 is 0 Å². The standard InChI is InChI=1S/C17H27N/c1-12(2)16(11-18-17-7-8-17)10-15-9-13(3)5-6-14(15)4/h5-6,9,12,16-18H,7-8,10-11H2,1-4H3. The van der Waals surface area contributed by atoms with E-state index in [9.17, 15) is 0 Å². The average molecular weight is 245 g/mol. The third-order valence-corrected chi connectivity index (χ3v) is 4.18. The molecule has 1 aliphatic carbocycles. The minimum Gasteiger partial charge on any atom is -0.314 e. The molecular formula is C17H27N. The fourth-order valence-corrected chi connectivity index (χ4v) is 2.45. The van der Waals surface area contributed by atoms with Gasteiger partial charge in [0.05, 0.1) is 0 Å². The SMILES string of the molecule is Cc1ccc(C)c(CC(CNC2CC2)C(C)C)c1. The highest BCUT2D eigenvalue weighted by molar-refractivity contribution is 5.30. The Balaban J connectivity index is 1.99. The van der Waals surface area contributed by atoms with Gasteiger partial charge in [0, 0.05) is 6.04 Å². The molecule has 18 heavy (non-hydrogen) atoms. The molecule has 0 aliphatic heterocycles. The molecule has 0 radical (unpaired) electrons. The lowest BCUT2D eigenvalue weighted by Crippen LogP contribution is -2.29. The van der Waals surface area contributed by atoms with Gasteiger partial charge < -0.3 is 5.32 Å². The molecule has 1 aromatic carbocycles. The molecule has 1 nitrogen and oxygen atoms in total. The maximum absolute atomic E-state index is 3.69. The quantitative estimate of drug-likeness (QED) is 0.802. The molecule has 1 fully saturated rings. The second-order valence-electron chi connectivity index (χ2n) is 6.32. The summed E-state index contributed by atoms with van der Waals surface area (Å²) in [5.41, 5.74) is 4.36. The number of rotatable bonds is 6. The summed E-state index contributed by atoms with van der Waals surface area (Å²) in [7, 11) is 0. The van der Waals surface area contributed by atoms with Gasteiger partial charge in [0.1, 0.15) is 0 Å². The molecule has 1 saturated carbocycles. The van der Waals surface area contributed by atoms with Crippen molar-refractivity contribution in [3.63, 3.8) is 0 Å². The van der Waals surface area contributed by atoms with E-state index in [1.807, 2.05) is 0 Å². The molecule has 1 aromatic rings. The van der Waals surface area contributed by atoms with E-state index in [2.05, 4.69) is 51.2 Å². The molecule has 0 amide bonds. The van der Waals surface area contributed by atoms with E-state index < -0.39 is 0 Å². The molecule has 0 bridgehead atoms. The van der Waals surface area contributed by atoms with Gasteiger partial charge in [-0.05, 0) is 62.6 Å². The van der Waals surface area contributed by atoms with E-state index in [0.29, 0.717) is 0 Å². The van der Waals surface area contributed by atoms with Crippen molar-refractivity contribution in [1.82, 2.24) is 5.32 Å². The highest BCUT2D eigenvalue weighted by Gasteiger charge is 2.23. The minimum atomic E-state index is 0.746. The van der Waals surface area contributed by atoms with E-state index in [-0.39, 0.29) is 0 Å². The Hall–Kier alpha value is -0.820. The predicted molar refractivity (Wildman–Crippen MR) is 79.0 cm³/mol. The van der Waals surface area contributed by atoms with Gasteiger partial charge in [-0.2, -0.15) is 0 Å². The number of aryl methyl sites for hydroxylation is 2. The van der Waals surface area contributed by atoms with Crippen molar-refractivity contribution in [2.45, 2.75) is 53.0 Å². The Kier molecular flexibility index (Phi) is 4.45. The Labute approximate surface area is 112 Å². The van der Waals surface area contributed by atoms with Gasteiger partial charge in [-0.15, -0.1) is 0 Å². The van der Waals surface area contributed by atoms with Crippen molar-refractivity contribution in [2.24, 2.45) is 11.8 Å². The van der Waals surface area contributed by atoms with Crippen LogP contribution in [0.5, 0.6) is 0 Å². The van der Waals surface area contributed by atoms with Crippen LogP contribution in [0.3, 0.4) is 0 Å². The summed E-state index contributed by atoms with van der Waals surface area (Å²) in [5.74, 6) is 1.50. The van der Waals surface area contributed by atoms with E-state index in [1.54, 1.807) is 0 Å². The van der Waals surface area contributed by atoms with Crippen LogP contribution in [0.2, 0.25) is 0 Å². The smallest absolute Gasteiger partial charge is 0.00683 e. The van der Waals surface area contributed by atoms with Crippen LogP contribution in [0.15, 0.2) is 18.2 Å². The van der Waals surface area contributed by atoms with Gasteiger partial charge in [-0.25, -0.2) is 0 Å². The van der Waals surface area contributed by atoms with Gasteiger partial charge in [0.25, 0.3) is 0 Å². The summed E-state index contributed by atoms with van der Waals surface area (Å²) < 4.78 is 0. The van der Waals surface area contributed by atoms with E-state index in [4.69, 9.17) is 0 Å². The second-order valence-corrected chi connectivity index (χ2v) is 6.32. The maximum atomic E-state index is 3.69. The first-order chi connectivity index (χ1) is 8.56. The second kappa shape index (κ2) is 5.88. The molecular weight excluding hydrogens is 218 g/mol. The lowest BCUT2D eigenvalue weighted by Gasteiger charge is -2.22. The first-order valence-corrected chi connectivity index (χ1v) is 7.35. The summed E-state index contributed by atoms with van der Waals surface area (Å²) in [6.45, 7) is 10.3. The molecule has 0 spiro atoms. The van der Waals surface area contributed by atoms with Crippen molar-refractivity contribution in [3.05, 3.63) is 34.9 Å². The molecule has 0 aromatic heterocycles. The molecule has 1 unspecified atom stereocenters. The van der Waals surface area contributed by atoms with E-state index in [0.717, 1.165) is 17.9 Å². The zero-order valence-corrected chi connectivity index (χ0v) is 12.3. The van der Waals surface area contributed by atoms with Gasteiger partial charge in [0.2, 0.25) is 0 Å². The van der Waals surface area contributed by atoms with E-state index in [1.165, 1.54) is 42.5 Å². The largest absolute Gasteiger partial charge is 0.314 e. The van der Waals surface area contributed by atoms with Crippen LogP contribution in [-0.4, -0.2) is 12.6 Å². The fourth-order valence-electron chi connectivity index (χ4n) is 2.45. The summed E-state index contributed by atoms with van der Waals surface area (Å²) in [4.78, 5) is 0. The molecule has 0 heterocycles. The van der Waals surface area contributed by atoms with Crippen molar-refractivity contribution < 1.29 is 0 Å². The highest BCUT2D eigenvalue weighted by Crippen LogP contribution is 2.23. The predicted octanol–water partition coefficient (Wildman–Crippen LogP) is 3.87. The lowest BCUT2D eigenvalue weighted by molar-refractivity contribution is 0.359. The summed E-state index contributed by atoms with van der Waals surface area (Å²) in [6.07, 6.45) is 3.98. The van der Waals surface area contributed by atoms with Gasteiger partial charge in [-0.3, -0.25) is 0 Å².